The molecule has 0 atom stereocenters. The van der Waals surface area contributed by atoms with Gasteiger partial charge in [-0.1, -0.05) is 12.1 Å². The molecule has 1 fully saturated rings. The van der Waals surface area contributed by atoms with Crippen LogP contribution in [0.15, 0.2) is 29.6 Å². The summed E-state index contributed by atoms with van der Waals surface area (Å²) in [5.74, 6) is 0.231. The maximum Gasteiger partial charge on any atom is 0.123 e. The molecule has 1 heterocycles. The zero-order valence-corrected chi connectivity index (χ0v) is 8.40. The van der Waals surface area contributed by atoms with Crippen LogP contribution in [0.4, 0.5) is 4.39 Å². The summed E-state index contributed by atoms with van der Waals surface area (Å²) >= 11 is 0. The second-order valence-corrected chi connectivity index (χ2v) is 3.86. The van der Waals surface area contributed by atoms with Gasteiger partial charge in [-0.3, -0.25) is 5.01 Å². The quantitative estimate of drug-likeness (QED) is 0.700. The molecule has 1 aromatic carbocycles. The fourth-order valence-electron chi connectivity index (χ4n) is 2.02. The Bertz CT molecular complexity index is 331. The first-order valence-corrected chi connectivity index (χ1v) is 5.13. The summed E-state index contributed by atoms with van der Waals surface area (Å²) in [5, 5.41) is 4.45. The van der Waals surface area contributed by atoms with E-state index in [9.17, 15) is 9.30 Å². The van der Waals surface area contributed by atoms with E-state index >= 15 is 0 Å². The average molecular weight is 208 g/mol. The molecule has 15 heavy (non-hydrogen) atoms. The van der Waals surface area contributed by atoms with E-state index in [-0.39, 0.29) is 5.82 Å². The number of rotatable bonds is 2. The van der Waals surface area contributed by atoms with Crippen LogP contribution in [0.1, 0.15) is 24.3 Å². The molecule has 0 bridgehead atoms. The van der Waals surface area contributed by atoms with Crippen LogP contribution in [0.25, 0.3) is 0 Å². The van der Waals surface area contributed by atoms with Gasteiger partial charge in [0, 0.05) is 13.1 Å². The van der Waals surface area contributed by atoms with Gasteiger partial charge in [0.2, 0.25) is 0 Å². The van der Waals surface area contributed by atoms with Crippen LogP contribution in [-0.2, 0) is 0 Å². The predicted octanol–water partition coefficient (Wildman–Crippen LogP) is 2.69. The SMILES string of the molecule is O=NN1CCC(c2ccc(F)cc2)CC1. The van der Waals surface area contributed by atoms with E-state index in [1.165, 1.54) is 12.1 Å². The van der Waals surface area contributed by atoms with Crippen LogP contribution in [0.3, 0.4) is 0 Å². The maximum atomic E-state index is 12.7. The summed E-state index contributed by atoms with van der Waals surface area (Å²) in [6.07, 6.45) is 1.83. The third-order valence-corrected chi connectivity index (χ3v) is 2.93. The molecule has 0 N–H and O–H groups in total. The standard InChI is InChI=1S/C11H13FN2O/c12-11-3-1-9(2-4-11)10-5-7-14(13-15)8-6-10/h1-4,10H,5-8H2. The van der Waals surface area contributed by atoms with Crippen LogP contribution >= 0.6 is 0 Å². The zero-order chi connectivity index (χ0) is 10.7. The summed E-state index contributed by atoms with van der Waals surface area (Å²) in [7, 11) is 0. The highest BCUT2D eigenvalue weighted by atomic mass is 19.1. The molecule has 1 aliphatic heterocycles. The topological polar surface area (TPSA) is 32.7 Å². The lowest BCUT2D eigenvalue weighted by molar-refractivity contribution is 0.218. The normalized spacial score (nSPS) is 17.8. The molecule has 1 aromatic rings. The smallest absolute Gasteiger partial charge is 0.123 e. The molecule has 0 aromatic heterocycles. The summed E-state index contributed by atoms with van der Waals surface area (Å²) in [6, 6.07) is 6.62. The van der Waals surface area contributed by atoms with Crippen molar-refractivity contribution >= 4 is 0 Å². The zero-order valence-electron chi connectivity index (χ0n) is 8.40. The third-order valence-electron chi connectivity index (χ3n) is 2.93. The molecule has 4 heteroatoms. The Morgan fingerprint density at radius 2 is 1.80 bits per heavy atom. The van der Waals surface area contributed by atoms with Gasteiger partial charge in [-0.05, 0) is 36.5 Å². The molecule has 0 spiro atoms. The lowest BCUT2D eigenvalue weighted by atomic mass is 9.90. The van der Waals surface area contributed by atoms with Gasteiger partial charge in [-0.2, -0.15) is 0 Å². The minimum absolute atomic E-state index is 0.203. The highest BCUT2D eigenvalue weighted by Crippen LogP contribution is 2.27. The van der Waals surface area contributed by atoms with Gasteiger partial charge in [0.25, 0.3) is 0 Å². The minimum atomic E-state index is -0.203. The van der Waals surface area contributed by atoms with Crippen LogP contribution in [0, 0.1) is 10.7 Å². The molecular formula is C11H13FN2O. The average Bonchev–Trinajstić information content (AvgIpc) is 2.30. The maximum absolute atomic E-state index is 12.7. The van der Waals surface area contributed by atoms with Gasteiger partial charge in [-0.25, -0.2) is 4.39 Å². The molecule has 0 saturated carbocycles. The molecule has 0 radical (unpaired) electrons. The Morgan fingerprint density at radius 3 is 2.33 bits per heavy atom. The highest BCUT2D eigenvalue weighted by Gasteiger charge is 2.19. The predicted molar refractivity (Wildman–Crippen MR) is 55.7 cm³/mol. The molecule has 1 aliphatic rings. The van der Waals surface area contributed by atoms with Crippen molar-refractivity contribution in [1.82, 2.24) is 5.01 Å². The highest BCUT2D eigenvalue weighted by molar-refractivity contribution is 5.20. The minimum Gasteiger partial charge on any atom is -0.261 e. The van der Waals surface area contributed by atoms with Gasteiger partial charge in [0.05, 0.1) is 5.29 Å². The van der Waals surface area contributed by atoms with Crippen molar-refractivity contribution in [3.05, 3.63) is 40.6 Å². The molecule has 1 saturated heterocycles. The van der Waals surface area contributed by atoms with E-state index in [1.807, 2.05) is 12.1 Å². The van der Waals surface area contributed by atoms with Gasteiger partial charge in [0.1, 0.15) is 5.82 Å². The molecule has 0 unspecified atom stereocenters. The third kappa shape index (κ3) is 2.32. The number of benzene rings is 1. The van der Waals surface area contributed by atoms with Crippen molar-refractivity contribution in [1.29, 1.82) is 0 Å². The number of piperidine rings is 1. The van der Waals surface area contributed by atoms with E-state index in [0.29, 0.717) is 19.0 Å². The molecule has 3 nitrogen and oxygen atoms in total. The molecular weight excluding hydrogens is 195 g/mol. The largest absolute Gasteiger partial charge is 0.261 e. The van der Waals surface area contributed by atoms with Crippen LogP contribution < -0.4 is 0 Å². The number of halogens is 1. The van der Waals surface area contributed by atoms with E-state index < -0.39 is 0 Å². The first kappa shape index (κ1) is 10.1. The second kappa shape index (κ2) is 4.38. The summed E-state index contributed by atoms with van der Waals surface area (Å²) in [5.41, 5.74) is 1.15. The molecule has 80 valence electrons. The Labute approximate surface area is 87.8 Å². The van der Waals surface area contributed by atoms with Gasteiger partial charge >= 0.3 is 0 Å². The number of nitrogens with zero attached hydrogens (tertiary/aromatic N) is 2. The first-order valence-electron chi connectivity index (χ1n) is 5.13. The first-order chi connectivity index (χ1) is 7.29. The molecule has 0 aliphatic carbocycles. The Balaban J connectivity index is 2.01. The second-order valence-electron chi connectivity index (χ2n) is 3.86. The van der Waals surface area contributed by atoms with Gasteiger partial charge in [-0.15, -0.1) is 4.91 Å². The van der Waals surface area contributed by atoms with Crippen LogP contribution in [0.2, 0.25) is 0 Å². The van der Waals surface area contributed by atoms with Gasteiger partial charge in [0.15, 0.2) is 0 Å². The Hall–Kier alpha value is -1.45. The van der Waals surface area contributed by atoms with E-state index in [2.05, 4.69) is 5.29 Å². The monoisotopic (exact) mass is 208 g/mol. The summed E-state index contributed by atoms with van der Waals surface area (Å²) in [6.45, 7) is 1.40. The van der Waals surface area contributed by atoms with Crippen molar-refractivity contribution in [3.63, 3.8) is 0 Å². The number of nitroso groups, excluding NO2 is 1. The number of hydrogen-bond acceptors (Lipinski definition) is 2. The summed E-state index contributed by atoms with van der Waals surface area (Å²) in [4.78, 5) is 10.3. The fourth-order valence-corrected chi connectivity index (χ4v) is 2.02. The Kier molecular flexibility index (Phi) is 2.94. The van der Waals surface area contributed by atoms with E-state index in [4.69, 9.17) is 0 Å². The van der Waals surface area contributed by atoms with Crippen LogP contribution in [0.5, 0.6) is 0 Å². The molecule has 0 amide bonds. The van der Waals surface area contributed by atoms with Crippen LogP contribution in [-0.4, -0.2) is 18.1 Å². The number of hydrogen-bond donors (Lipinski definition) is 0. The van der Waals surface area contributed by atoms with Gasteiger partial charge < -0.3 is 0 Å². The summed E-state index contributed by atoms with van der Waals surface area (Å²) < 4.78 is 12.7. The van der Waals surface area contributed by atoms with Crippen molar-refractivity contribution in [2.24, 2.45) is 5.29 Å². The Morgan fingerprint density at radius 1 is 1.20 bits per heavy atom. The van der Waals surface area contributed by atoms with Crippen molar-refractivity contribution < 1.29 is 4.39 Å². The van der Waals surface area contributed by atoms with Crippen molar-refractivity contribution in [2.75, 3.05) is 13.1 Å². The fraction of sp³-hybridized carbons (Fsp3) is 0.455. The lowest BCUT2D eigenvalue weighted by Crippen LogP contribution is -2.28. The van der Waals surface area contributed by atoms with Crippen molar-refractivity contribution in [3.8, 4) is 0 Å². The molecule has 2 rings (SSSR count). The van der Waals surface area contributed by atoms with E-state index in [1.54, 1.807) is 5.01 Å². The van der Waals surface area contributed by atoms with E-state index in [0.717, 1.165) is 18.4 Å². The lowest BCUT2D eigenvalue weighted by Gasteiger charge is -2.27. The van der Waals surface area contributed by atoms with Crippen molar-refractivity contribution in [2.45, 2.75) is 18.8 Å².